The molecule has 2 heterocycles. The predicted molar refractivity (Wildman–Crippen MR) is 110 cm³/mol. The monoisotopic (exact) mass is 437 g/mol. The van der Waals surface area contributed by atoms with Gasteiger partial charge >= 0.3 is 6.61 Å². The molecule has 1 saturated carbocycles. The molecule has 10 heteroatoms. The van der Waals surface area contributed by atoms with E-state index in [-0.39, 0.29) is 11.7 Å². The van der Waals surface area contributed by atoms with Crippen LogP contribution in [0.2, 0.25) is 0 Å². The zero-order valence-corrected chi connectivity index (χ0v) is 17.3. The molecule has 7 nitrogen and oxygen atoms in total. The number of nitrogens with one attached hydrogen (secondary N) is 1. The van der Waals surface area contributed by atoms with Gasteiger partial charge in [-0.15, -0.1) is 10.2 Å². The molecule has 1 aromatic heterocycles. The van der Waals surface area contributed by atoms with E-state index in [0.717, 1.165) is 50.9 Å². The molecule has 1 aliphatic heterocycles. The number of rotatable bonds is 7. The first-order chi connectivity index (χ1) is 14.4. The molecule has 4 rings (SSSR count). The highest BCUT2D eigenvalue weighted by Gasteiger charge is 2.44. The largest absolute Gasteiger partial charge is 0.435 e. The number of likely N-dealkylation sites (tertiary alicyclic amines) is 1. The van der Waals surface area contributed by atoms with Crippen molar-refractivity contribution in [1.82, 2.24) is 15.1 Å². The van der Waals surface area contributed by atoms with Crippen molar-refractivity contribution in [1.29, 1.82) is 0 Å². The predicted octanol–water partition coefficient (Wildman–Crippen LogP) is 3.74. The number of hydrogen-bond donors (Lipinski definition) is 2. The van der Waals surface area contributed by atoms with Crippen LogP contribution in [-0.2, 0) is 11.3 Å². The van der Waals surface area contributed by atoms with Crippen LogP contribution in [0.25, 0.3) is 0 Å². The van der Waals surface area contributed by atoms with Crippen molar-refractivity contribution in [2.75, 3.05) is 24.1 Å². The van der Waals surface area contributed by atoms with E-state index in [4.69, 9.17) is 5.73 Å². The third-order valence-corrected chi connectivity index (χ3v) is 6.64. The van der Waals surface area contributed by atoms with Gasteiger partial charge in [0.05, 0.1) is 0 Å². The summed E-state index contributed by atoms with van der Waals surface area (Å²) in [5, 5.41) is 11.1. The normalized spacial score (nSPS) is 19.0. The number of carbonyl (C=O) groups excluding carboxylic acids is 1. The Bertz CT molecular complexity index is 878. The van der Waals surface area contributed by atoms with Gasteiger partial charge in [0.25, 0.3) is 0 Å². The van der Waals surface area contributed by atoms with Gasteiger partial charge in [0.2, 0.25) is 16.2 Å². The summed E-state index contributed by atoms with van der Waals surface area (Å²) in [6, 6.07) is 6.91. The van der Waals surface area contributed by atoms with Crippen molar-refractivity contribution in [3.8, 4) is 5.75 Å². The Morgan fingerprint density at radius 3 is 2.77 bits per heavy atom. The lowest BCUT2D eigenvalue weighted by Gasteiger charge is -2.53. The minimum atomic E-state index is -2.80. The number of alkyl halides is 2. The van der Waals surface area contributed by atoms with E-state index >= 15 is 0 Å². The highest BCUT2D eigenvalue weighted by molar-refractivity contribution is 7.18. The molecule has 1 spiro atoms. The number of anilines is 2. The molecule has 2 aromatic rings. The number of aromatic nitrogens is 2. The Balaban J connectivity index is 1.19. The van der Waals surface area contributed by atoms with Crippen LogP contribution in [0.5, 0.6) is 5.75 Å². The molecular weight excluding hydrogens is 412 g/mol. The van der Waals surface area contributed by atoms with Gasteiger partial charge in [-0.3, -0.25) is 9.69 Å². The topological polar surface area (TPSA) is 93.4 Å². The van der Waals surface area contributed by atoms with Gasteiger partial charge < -0.3 is 15.8 Å². The summed E-state index contributed by atoms with van der Waals surface area (Å²) in [4.78, 5) is 14.5. The van der Waals surface area contributed by atoms with Gasteiger partial charge in [-0.2, -0.15) is 8.78 Å². The highest BCUT2D eigenvalue weighted by atomic mass is 32.1. The van der Waals surface area contributed by atoms with Crippen LogP contribution in [0.1, 0.15) is 37.7 Å². The van der Waals surface area contributed by atoms with E-state index in [2.05, 4.69) is 25.2 Å². The second-order valence-electron chi connectivity index (χ2n) is 8.31. The molecule has 1 saturated heterocycles. The van der Waals surface area contributed by atoms with Crippen LogP contribution in [0.15, 0.2) is 24.3 Å². The van der Waals surface area contributed by atoms with Crippen molar-refractivity contribution >= 4 is 27.5 Å². The summed E-state index contributed by atoms with van der Waals surface area (Å²) < 4.78 is 29.2. The number of nitrogens with two attached hydrogens (primary N) is 1. The molecule has 0 radical (unpaired) electrons. The summed E-state index contributed by atoms with van der Waals surface area (Å²) in [7, 11) is 0. The van der Waals surface area contributed by atoms with Crippen molar-refractivity contribution < 1.29 is 18.3 Å². The molecule has 0 unspecified atom stereocenters. The average Bonchev–Trinajstić information content (AvgIpc) is 3.06. The molecule has 0 bridgehead atoms. The van der Waals surface area contributed by atoms with E-state index in [1.807, 2.05) is 6.07 Å². The molecule has 1 amide bonds. The SMILES string of the molecule is Nc1nnc(NC(=O)CC2CCC3(CC2)CN(Cc2cccc(OC(F)F)c2)C3)s1. The third kappa shape index (κ3) is 5.23. The zero-order valence-electron chi connectivity index (χ0n) is 16.5. The number of nitrogen functional groups attached to an aromatic ring is 1. The number of carbonyl (C=O) groups is 1. The van der Waals surface area contributed by atoms with E-state index in [9.17, 15) is 13.6 Å². The molecule has 162 valence electrons. The van der Waals surface area contributed by atoms with Gasteiger partial charge in [-0.25, -0.2) is 0 Å². The molecule has 0 atom stereocenters. The minimum absolute atomic E-state index is 0.0340. The lowest BCUT2D eigenvalue weighted by Crippen LogP contribution is -2.56. The summed E-state index contributed by atoms with van der Waals surface area (Å²) in [6.07, 6.45) is 4.80. The van der Waals surface area contributed by atoms with Gasteiger partial charge in [0.15, 0.2) is 0 Å². The molecule has 1 aliphatic carbocycles. The van der Waals surface area contributed by atoms with Gasteiger partial charge in [0.1, 0.15) is 5.75 Å². The molecule has 30 heavy (non-hydrogen) atoms. The van der Waals surface area contributed by atoms with Crippen molar-refractivity contribution in [2.45, 2.75) is 45.3 Å². The number of hydrogen-bond acceptors (Lipinski definition) is 7. The molecular formula is C20H25F2N5O2S. The van der Waals surface area contributed by atoms with Crippen LogP contribution < -0.4 is 15.8 Å². The number of amides is 1. The second kappa shape index (κ2) is 8.81. The van der Waals surface area contributed by atoms with Crippen LogP contribution in [0, 0.1) is 11.3 Å². The summed E-state index contributed by atoms with van der Waals surface area (Å²) >= 11 is 1.17. The Hall–Kier alpha value is -2.33. The first kappa shape index (κ1) is 20.9. The third-order valence-electron chi connectivity index (χ3n) is 5.97. The summed E-state index contributed by atoms with van der Waals surface area (Å²) in [5.74, 6) is 0.555. The standard InChI is InChI=1S/C20H25F2N5O2S/c21-17(22)29-15-3-1-2-14(8-15)10-27-11-20(12-27)6-4-13(5-7-20)9-16(28)24-19-26-25-18(23)30-19/h1-3,8,13,17H,4-7,9-12H2,(H2,23,25)(H,24,26,28). The fourth-order valence-electron chi connectivity index (χ4n) is 4.62. The zero-order chi connectivity index (χ0) is 21.1. The van der Waals surface area contributed by atoms with Gasteiger partial charge in [-0.1, -0.05) is 23.5 Å². The van der Waals surface area contributed by atoms with Gasteiger partial charge in [-0.05, 0) is 54.7 Å². The van der Waals surface area contributed by atoms with Gasteiger partial charge in [0, 0.05) is 26.1 Å². The van der Waals surface area contributed by atoms with Crippen LogP contribution >= 0.6 is 11.3 Å². The molecule has 1 aromatic carbocycles. The maximum Gasteiger partial charge on any atom is 0.387 e. The van der Waals surface area contributed by atoms with E-state index < -0.39 is 6.61 Å². The molecule has 2 aliphatic rings. The van der Waals surface area contributed by atoms with Crippen LogP contribution in [-0.4, -0.2) is 40.7 Å². The quantitative estimate of drug-likeness (QED) is 0.685. The fourth-order valence-corrected chi connectivity index (χ4v) is 5.15. The fraction of sp³-hybridized carbons (Fsp3) is 0.550. The number of ether oxygens (including phenoxy) is 1. The molecule has 2 fully saturated rings. The lowest BCUT2D eigenvalue weighted by molar-refractivity contribution is -0.118. The van der Waals surface area contributed by atoms with E-state index in [0.29, 0.717) is 28.0 Å². The van der Waals surface area contributed by atoms with Crippen molar-refractivity contribution in [2.24, 2.45) is 11.3 Å². The Morgan fingerprint density at radius 1 is 1.33 bits per heavy atom. The second-order valence-corrected chi connectivity index (χ2v) is 9.32. The summed E-state index contributed by atoms with van der Waals surface area (Å²) in [5.41, 5.74) is 6.84. The average molecular weight is 438 g/mol. The minimum Gasteiger partial charge on any atom is -0.435 e. The number of benzene rings is 1. The Labute approximate surface area is 177 Å². The Morgan fingerprint density at radius 2 is 2.10 bits per heavy atom. The Kier molecular flexibility index (Phi) is 6.14. The maximum atomic E-state index is 12.4. The van der Waals surface area contributed by atoms with Crippen molar-refractivity contribution in [3.05, 3.63) is 29.8 Å². The summed E-state index contributed by atoms with van der Waals surface area (Å²) in [6.45, 7) is -0.0497. The van der Waals surface area contributed by atoms with Crippen LogP contribution in [0.4, 0.5) is 19.0 Å². The maximum absolute atomic E-state index is 12.4. The number of halogens is 2. The lowest BCUT2D eigenvalue weighted by atomic mass is 9.65. The number of nitrogens with zero attached hydrogens (tertiary/aromatic N) is 3. The molecule has 3 N–H and O–H groups in total. The highest BCUT2D eigenvalue weighted by Crippen LogP contribution is 2.46. The first-order valence-electron chi connectivity index (χ1n) is 10.0. The van der Waals surface area contributed by atoms with Crippen LogP contribution in [0.3, 0.4) is 0 Å². The van der Waals surface area contributed by atoms with E-state index in [1.54, 1.807) is 18.2 Å². The van der Waals surface area contributed by atoms with E-state index in [1.165, 1.54) is 11.3 Å². The smallest absolute Gasteiger partial charge is 0.387 e. The first-order valence-corrected chi connectivity index (χ1v) is 10.9. The van der Waals surface area contributed by atoms with Crippen molar-refractivity contribution in [3.63, 3.8) is 0 Å².